The number of rotatable bonds is 6. The summed E-state index contributed by atoms with van der Waals surface area (Å²) in [4.78, 5) is 15.0. The minimum Gasteiger partial charge on any atom is -0.339 e. The van der Waals surface area contributed by atoms with Crippen LogP contribution in [0.15, 0.2) is 23.1 Å². The Hall–Kier alpha value is -1.15. The second-order valence-corrected chi connectivity index (χ2v) is 9.56. The van der Waals surface area contributed by atoms with Gasteiger partial charge in [-0.2, -0.15) is 0 Å². The van der Waals surface area contributed by atoms with E-state index in [4.69, 9.17) is 0 Å². The summed E-state index contributed by atoms with van der Waals surface area (Å²) < 4.78 is 28.5. The molecule has 28 heavy (non-hydrogen) atoms. The summed E-state index contributed by atoms with van der Waals surface area (Å²) in [5.41, 5.74) is 1.13. The molecule has 0 bridgehead atoms. The normalized spacial score (nSPS) is 18.9. The van der Waals surface area contributed by atoms with E-state index in [0.717, 1.165) is 58.2 Å². The van der Waals surface area contributed by atoms with Crippen LogP contribution in [0, 0.1) is 12.8 Å². The highest BCUT2D eigenvalue weighted by molar-refractivity contribution is 7.89. The summed E-state index contributed by atoms with van der Waals surface area (Å²) >= 11 is 0. The molecule has 1 saturated carbocycles. The van der Waals surface area contributed by atoms with Crippen molar-refractivity contribution in [1.82, 2.24) is 14.9 Å². The molecule has 158 valence electrons. The SMILES string of the molecule is CNCC1CCN(C(=O)c2ccc(C)c(S(=O)(=O)NC3CCCC3)c2)CC1.Cl. The molecule has 0 aromatic heterocycles. The van der Waals surface area contributed by atoms with Crippen molar-refractivity contribution in [3.05, 3.63) is 29.3 Å². The Kier molecular flexibility index (Phi) is 8.30. The van der Waals surface area contributed by atoms with E-state index >= 15 is 0 Å². The van der Waals surface area contributed by atoms with Crippen molar-refractivity contribution in [2.24, 2.45) is 5.92 Å². The van der Waals surface area contributed by atoms with E-state index in [2.05, 4.69) is 10.0 Å². The molecule has 0 unspecified atom stereocenters. The molecule has 2 N–H and O–H groups in total. The largest absolute Gasteiger partial charge is 0.339 e. The molecule has 0 atom stereocenters. The molecule has 1 amide bonds. The summed E-state index contributed by atoms with van der Waals surface area (Å²) in [7, 11) is -1.66. The molecule has 3 rings (SSSR count). The molecule has 6 nitrogen and oxygen atoms in total. The minimum absolute atomic E-state index is 0. The van der Waals surface area contributed by atoms with Crippen LogP contribution >= 0.6 is 12.4 Å². The van der Waals surface area contributed by atoms with Crippen LogP contribution in [0.1, 0.15) is 54.4 Å². The Morgan fingerprint density at radius 2 is 1.79 bits per heavy atom. The predicted octanol–water partition coefficient (Wildman–Crippen LogP) is 2.71. The Morgan fingerprint density at radius 1 is 1.14 bits per heavy atom. The van der Waals surface area contributed by atoms with Crippen molar-refractivity contribution in [2.45, 2.75) is 56.4 Å². The van der Waals surface area contributed by atoms with Crippen LogP contribution in [-0.4, -0.2) is 51.9 Å². The lowest BCUT2D eigenvalue weighted by molar-refractivity contribution is 0.0690. The van der Waals surface area contributed by atoms with Crippen molar-refractivity contribution in [1.29, 1.82) is 0 Å². The fourth-order valence-corrected chi connectivity index (χ4v) is 5.74. The first kappa shape index (κ1) is 23.1. The lowest BCUT2D eigenvalue weighted by atomic mass is 9.96. The van der Waals surface area contributed by atoms with Gasteiger partial charge in [-0.3, -0.25) is 4.79 Å². The van der Waals surface area contributed by atoms with Crippen LogP contribution in [0.25, 0.3) is 0 Å². The molecule has 2 aliphatic rings. The topological polar surface area (TPSA) is 78.5 Å². The average molecular weight is 430 g/mol. The third-order valence-electron chi connectivity index (χ3n) is 5.80. The van der Waals surface area contributed by atoms with Crippen LogP contribution in [0.4, 0.5) is 0 Å². The van der Waals surface area contributed by atoms with Crippen LogP contribution < -0.4 is 10.0 Å². The maximum atomic E-state index is 12.9. The standard InChI is InChI=1S/C20H31N3O3S.ClH/c1-15-7-8-17(20(24)23-11-9-16(10-12-23)14-21-2)13-19(15)27(25,26)22-18-5-3-4-6-18;/h7-8,13,16,18,21-22H,3-6,9-12,14H2,1-2H3;1H. The zero-order chi connectivity index (χ0) is 19.4. The number of likely N-dealkylation sites (tertiary alicyclic amines) is 1. The fourth-order valence-electron chi connectivity index (χ4n) is 4.16. The number of hydrogen-bond donors (Lipinski definition) is 2. The molecule has 1 saturated heterocycles. The number of nitrogens with zero attached hydrogens (tertiary/aromatic N) is 1. The van der Waals surface area contributed by atoms with Gasteiger partial charge in [0.25, 0.3) is 5.91 Å². The number of amides is 1. The molecular weight excluding hydrogens is 398 g/mol. The second kappa shape index (κ2) is 10.1. The number of carbonyl (C=O) groups is 1. The molecule has 1 aliphatic carbocycles. The first-order chi connectivity index (χ1) is 12.9. The van der Waals surface area contributed by atoms with Gasteiger partial charge < -0.3 is 10.2 Å². The van der Waals surface area contributed by atoms with Crippen LogP contribution in [0.5, 0.6) is 0 Å². The number of nitrogens with one attached hydrogen (secondary N) is 2. The third-order valence-corrected chi connectivity index (χ3v) is 7.46. The maximum Gasteiger partial charge on any atom is 0.253 e. The van der Waals surface area contributed by atoms with Crippen LogP contribution in [0.3, 0.4) is 0 Å². The van der Waals surface area contributed by atoms with Gasteiger partial charge in [0.15, 0.2) is 0 Å². The third kappa shape index (κ3) is 5.47. The summed E-state index contributed by atoms with van der Waals surface area (Å²) in [6, 6.07) is 5.05. The average Bonchev–Trinajstić information content (AvgIpc) is 3.14. The van der Waals surface area contributed by atoms with Gasteiger partial charge in [-0.1, -0.05) is 18.9 Å². The quantitative estimate of drug-likeness (QED) is 0.728. The van der Waals surface area contributed by atoms with E-state index in [1.165, 1.54) is 0 Å². The molecule has 0 spiro atoms. The van der Waals surface area contributed by atoms with Gasteiger partial charge in [-0.05, 0) is 69.8 Å². The van der Waals surface area contributed by atoms with Crippen LogP contribution in [-0.2, 0) is 10.0 Å². The fraction of sp³-hybridized carbons (Fsp3) is 0.650. The molecule has 0 radical (unpaired) electrons. The Morgan fingerprint density at radius 3 is 2.39 bits per heavy atom. The van der Waals surface area contributed by atoms with Gasteiger partial charge in [0.2, 0.25) is 10.0 Å². The number of benzene rings is 1. The van der Waals surface area contributed by atoms with Gasteiger partial charge in [0, 0.05) is 24.7 Å². The van der Waals surface area contributed by atoms with E-state index in [9.17, 15) is 13.2 Å². The monoisotopic (exact) mass is 429 g/mol. The molecule has 1 aliphatic heterocycles. The first-order valence-electron chi connectivity index (χ1n) is 9.97. The lowest BCUT2D eigenvalue weighted by Gasteiger charge is -2.32. The highest BCUT2D eigenvalue weighted by Crippen LogP contribution is 2.24. The van der Waals surface area contributed by atoms with E-state index in [-0.39, 0.29) is 29.3 Å². The molecule has 8 heteroatoms. The number of piperidine rings is 1. The maximum absolute atomic E-state index is 12.9. The summed E-state index contributed by atoms with van der Waals surface area (Å²) in [5, 5.41) is 3.20. The number of halogens is 1. The molecule has 1 heterocycles. The van der Waals surface area contributed by atoms with Gasteiger partial charge >= 0.3 is 0 Å². The summed E-state index contributed by atoms with van der Waals surface area (Å²) in [6.45, 7) is 4.20. The predicted molar refractivity (Wildman–Crippen MR) is 114 cm³/mol. The van der Waals surface area contributed by atoms with E-state index in [0.29, 0.717) is 17.0 Å². The summed E-state index contributed by atoms with van der Waals surface area (Å²) in [6.07, 6.45) is 5.86. The molecular formula is C20H32ClN3O3S. The number of aryl methyl sites for hydroxylation is 1. The first-order valence-corrected chi connectivity index (χ1v) is 11.5. The number of carbonyl (C=O) groups excluding carboxylic acids is 1. The van der Waals surface area contributed by atoms with Crippen LogP contribution in [0.2, 0.25) is 0 Å². The number of sulfonamides is 1. The van der Waals surface area contributed by atoms with Crippen molar-refractivity contribution in [3.8, 4) is 0 Å². The Balaban J connectivity index is 0.00000280. The zero-order valence-electron chi connectivity index (χ0n) is 16.7. The van der Waals surface area contributed by atoms with Gasteiger partial charge in [-0.25, -0.2) is 13.1 Å². The van der Waals surface area contributed by atoms with Crippen molar-refractivity contribution in [3.63, 3.8) is 0 Å². The highest BCUT2D eigenvalue weighted by atomic mass is 35.5. The van der Waals surface area contributed by atoms with Gasteiger partial charge in [-0.15, -0.1) is 12.4 Å². The Bertz CT molecular complexity index is 771. The van der Waals surface area contributed by atoms with E-state index in [1.54, 1.807) is 25.1 Å². The molecule has 1 aromatic rings. The molecule has 1 aromatic carbocycles. The second-order valence-electron chi connectivity index (χ2n) is 7.88. The highest BCUT2D eigenvalue weighted by Gasteiger charge is 2.27. The zero-order valence-corrected chi connectivity index (χ0v) is 18.4. The summed E-state index contributed by atoms with van der Waals surface area (Å²) in [5.74, 6) is 0.527. The van der Waals surface area contributed by atoms with Gasteiger partial charge in [0.1, 0.15) is 0 Å². The van der Waals surface area contributed by atoms with Crippen molar-refractivity contribution in [2.75, 3.05) is 26.7 Å². The van der Waals surface area contributed by atoms with Crippen molar-refractivity contribution < 1.29 is 13.2 Å². The Labute approximate surface area is 174 Å². The van der Waals surface area contributed by atoms with E-state index < -0.39 is 10.0 Å². The lowest BCUT2D eigenvalue weighted by Crippen LogP contribution is -2.40. The molecule has 2 fully saturated rings. The number of hydrogen-bond acceptors (Lipinski definition) is 4. The minimum atomic E-state index is -3.61. The van der Waals surface area contributed by atoms with Crippen molar-refractivity contribution >= 4 is 28.3 Å². The smallest absolute Gasteiger partial charge is 0.253 e. The van der Waals surface area contributed by atoms with E-state index in [1.807, 2.05) is 11.9 Å². The van der Waals surface area contributed by atoms with Gasteiger partial charge in [0.05, 0.1) is 4.90 Å².